The maximum absolute atomic E-state index is 14.1. The van der Waals surface area contributed by atoms with Crippen LogP contribution in [-0.2, 0) is 38.7 Å². The molecule has 1 heterocycles. The number of carbonyl (C=O) groups is 4. The van der Waals surface area contributed by atoms with Crippen LogP contribution >= 0.6 is 0 Å². The fraction of sp³-hybridized carbons (Fsp3) is 0.484. The number of ether oxygens (including phenoxy) is 1. The Labute approximate surface area is 249 Å². The van der Waals surface area contributed by atoms with Crippen molar-refractivity contribution in [1.29, 1.82) is 0 Å². The Morgan fingerprint density at radius 1 is 0.907 bits per heavy atom. The van der Waals surface area contributed by atoms with Gasteiger partial charge in [-0.3, -0.25) is 19.3 Å². The number of halogens is 3. The molecule has 0 fully saturated rings. The zero-order chi connectivity index (χ0) is 31.9. The van der Waals surface area contributed by atoms with Crippen LogP contribution in [0, 0.1) is 11.8 Å². The summed E-state index contributed by atoms with van der Waals surface area (Å²) in [5, 5.41) is 4.80. The summed E-state index contributed by atoms with van der Waals surface area (Å²) in [7, 11) is 1.77. The quantitative estimate of drug-likeness (QED) is 0.401. The van der Waals surface area contributed by atoms with Crippen molar-refractivity contribution in [3.63, 3.8) is 0 Å². The van der Waals surface area contributed by atoms with E-state index >= 15 is 0 Å². The zero-order valence-electron chi connectivity index (χ0n) is 25.0. The van der Waals surface area contributed by atoms with E-state index in [1.165, 1.54) is 18.7 Å². The van der Waals surface area contributed by atoms with Gasteiger partial charge >= 0.3 is 12.3 Å². The number of ketones is 1. The molecule has 0 aromatic heterocycles. The van der Waals surface area contributed by atoms with Gasteiger partial charge in [-0.15, -0.1) is 0 Å². The van der Waals surface area contributed by atoms with E-state index in [0.29, 0.717) is 13.0 Å². The summed E-state index contributed by atoms with van der Waals surface area (Å²) >= 11 is 0. The Balaban J connectivity index is 1.86. The molecular formula is C31H39F3N4O5. The monoisotopic (exact) mass is 604 g/mol. The average Bonchev–Trinajstić information content (AvgIpc) is 2.95. The predicted molar refractivity (Wildman–Crippen MR) is 153 cm³/mol. The molecule has 1 aliphatic heterocycles. The van der Waals surface area contributed by atoms with Gasteiger partial charge in [0.2, 0.25) is 11.8 Å². The number of alkyl halides is 3. The maximum Gasteiger partial charge on any atom is 0.452 e. The summed E-state index contributed by atoms with van der Waals surface area (Å²) in [6, 6.07) is 13.7. The predicted octanol–water partition coefficient (Wildman–Crippen LogP) is 4.05. The van der Waals surface area contributed by atoms with Gasteiger partial charge in [-0.25, -0.2) is 4.79 Å². The fourth-order valence-corrected chi connectivity index (χ4v) is 4.98. The lowest BCUT2D eigenvalue weighted by Crippen LogP contribution is -2.61. The molecule has 0 radical (unpaired) electrons. The van der Waals surface area contributed by atoms with Gasteiger partial charge in [0.15, 0.2) is 0 Å². The highest BCUT2D eigenvalue weighted by Crippen LogP contribution is 2.26. The number of hydrogen-bond acceptors (Lipinski definition) is 6. The van der Waals surface area contributed by atoms with E-state index in [0.717, 1.165) is 16.7 Å². The second kappa shape index (κ2) is 14.5. The average molecular weight is 605 g/mol. The maximum atomic E-state index is 14.1. The number of rotatable bonds is 11. The highest BCUT2D eigenvalue weighted by Gasteiger charge is 2.45. The molecule has 0 bridgehead atoms. The van der Waals surface area contributed by atoms with E-state index in [9.17, 15) is 32.3 Å². The Kier molecular flexibility index (Phi) is 11.3. The lowest BCUT2D eigenvalue weighted by Gasteiger charge is -2.43. The summed E-state index contributed by atoms with van der Waals surface area (Å²) in [4.78, 5) is 55.2. The lowest BCUT2D eigenvalue weighted by atomic mass is 9.95. The van der Waals surface area contributed by atoms with Gasteiger partial charge in [0.1, 0.15) is 19.2 Å². The molecule has 0 spiro atoms. The van der Waals surface area contributed by atoms with Gasteiger partial charge in [-0.2, -0.15) is 13.2 Å². The molecule has 2 unspecified atom stereocenters. The van der Waals surface area contributed by atoms with E-state index in [4.69, 9.17) is 4.74 Å². The Bertz CT molecular complexity index is 1290. The molecule has 12 heteroatoms. The van der Waals surface area contributed by atoms with Crippen molar-refractivity contribution in [3.8, 4) is 0 Å². The molecule has 0 aliphatic carbocycles. The van der Waals surface area contributed by atoms with E-state index in [-0.39, 0.29) is 6.61 Å². The van der Waals surface area contributed by atoms with Gasteiger partial charge in [-0.1, -0.05) is 82.3 Å². The number of nitrogens with zero attached hydrogens (tertiary/aromatic N) is 2. The first-order valence-corrected chi connectivity index (χ1v) is 14.1. The smallest absolute Gasteiger partial charge is 0.445 e. The van der Waals surface area contributed by atoms with Gasteiger partial charge in [0.25, 0.3) is 5.78 Å². The van der Waals surface area contributed by atoms with Crippen molar-refractivity contribution in [1.82, 2.24) is 20.4 Å². The van der Waals surface area contributed by atoms with Crippen molar-refractivity contribution in [2.45, 2.75) is 71.7 Å². The number of likely N-dealkylation sites (N-methyl/N-ethyl adjacent to an activating group) is 1. The minimum atomic E-state index is -5.14. The first kappa shape index (κ1) is 33.6. The third-order valence-corrected chi connectivity index (χ3v) is 7.37. The molecule has 2 N–H and O–H groups in total. The van der Waals surface area contributed by atoms with Crippen LogP contribution in [0.15, 0.2) is 54.6 Å². The minimum Gasteiger partial charge on any atom is -0.445 e. The molecule has 0 saturated heterocycles. The normalized spacial score (nSPS) is 16.7. The molecule has 3 amide bonds. The van der Waals surface area contributed by atoms with Crippen LogP contribution < -0.4 is 10.6 Å². The van der Waals surface area contributed by atoms with E-state index in [1.54, 1.807) is 45.2 Å². The van der Waals surface area contributed by atoms with Crippen LogP contribution in [0.25, 0.3) is 0 Å². The van der Waals surface area contributed by atoms with Gasteiger partial charge < -0.3 is 20.3 Å². The zero-order valence-corrected chi connectivity index (χ0v) is 25.0. The number of nitrogens with one attached hydrogen (secondary N) is 2. The van der Waals surface area contributed by atoms with Gasteiger partial charge in [0.05, 0.1) is 12.2 Å². The molecule has 3 atom stereocenters. The van der Waals surface area contributed by atoms with E-state index in [1.807, 2.05) is 35.2 Å². The molecule has 1 aliphatic rings. The van der Waals surface area contributed by atoms with Gasteiger partial charge in [-0.05, 0) is 35.6 Å². The molecule has 3 rings (SSSR count). The first-order chi connectivity index (χ1) is 20.2. The summed E-state index contributed by atoms with van der Waals surface area (Å²) in [5.74, 6) is -4.89. The number of fused-ring (bicyclic) bond motifs is 1. The summed E-state index contributed by atoms with van der Waals surface area (Å²) < 4.78 is 45.1. The molecule has 234 valence electrons. The first-order valence-electron chi connectivity index (χ1n) is 14.1. The summed E-state index contributed by atoms with van der Waals surface area (Å²) in [6.07, 6.45) is -6.30. The van der Waals surface area contributed by atoms with Crippen LogP contribution in [0.2, 0.25) is 0 Å². The number of Topliss-reactive ketones (excluding diaryl/α,β-unsaturated/α-hetero) is 1. The molecule has 0 saturated carbocycles. The van der Waals surface area contributed by atoms with Crippen LogP contribution in [0.4, 0.5) is 18.0 Å². The highest BCUT2D eigenvalue weighted by atomic mass is 19.4. The minimum absolute atomic E-state index is 0.0240. The number of benzene rings is 2. The summed E-state index contributed by atoms with van der Waals surface area (Å²) in [5.41, 5.74) is 2.74. The third-order valence-electron chi connectivity index (χ3n) is 7.37. The summed E-state index contributed by atoms with van der Waals surface area (Å²) in [6.45, 7) is 6.01. The molecule has 43 heavy (non-hydrogen) atoms. The Morgan fingerprint density at radius 2 is 1.49 bits per heavy atom. The van der Waals surface area contributed by atoms with Crippen LogP contribution in [0.5, 0.6) is 0 Å². The molecule has 2 aromatic rings. The van der Waals surface area contributed by atoms with E-state index in [2.05, 4.69) is 10.6 Å². The lowest BCUT2D eigenvalue weighted by molar-refractivity contribution is -0.175. The van der Waals surface area contributed by atoms with Gasteiger partial charge in [0, 0.05) is 13.0 Å². The SMILES string of the molecule is CC(C)C(NC(=O)CN(C(=O)[C@@H](NC(=O)OCc1ccccc1)C(C)C)C1Cc2ccccc2CN1C)C(=O)C(F)(F)F. The second-order valence-corrected chi connectivity index (χ2v) is 11.4. The molecule has 2 aromatic carbocycles. The Morgan fingerprint density at radius 3 is 2.07 bits per heavy atom. The van der Waals surface area contributed by atoms with Crippen molar-refractivity contribution in [2.24, 2.45) is 11.8 Å². The van der Waals surface area contributed by atoms with Crippen molar-refractivity contribution < 1.29 is 37.1 Å². The number of carbonyl (C=O) groups excluding carboxylic acids is 4. The Hall–Kier alpha value is -3.93. The number of alkyl carbamates (subject to hydrolysis) is 1. The molecular weight excluding hydrogens is 565 g/mol. The number of amides is 3. The fourth-order valence-electron chi connectivity index (χ4n) is 4.98. The topological polar surface area (TPSA) is 108 Å². The van der Waals surface area contributed by atoms with E-state index < -0.39 is 66.5 Å². The standard InChI is InChI=1S/C31H39F3N4O5/c1-19(2)26(28(40)31(32,33)34)35-24(39)17-38(25-15-22-13-9-10-14-23(22)16-37(25)5)29(41)27(20(3)4)36-30(42)43-18-21-11-7-6-8-12-21/h6-14,19-20,25-27H,15-18H2,1-5H3,(H,35,39)(H,36,42)/t25?,26?,27-/m0/s1. The third kappa shape index (κ3) is 9.03. The molecule has 9 nitrogen and oxygen atoms in total. The van der Waals surface area contributed by atoms with Crippen LogP contribution in [0.1, 0.15) is 44.4 Å². The highest BCUT2D eigenvalue weighted by molar-refractivity contribution is 5.95. The second-order valence-electron chi connectivity index (χ2n) is 11.4. The number of hydrogen-bond donors (Lipinski definition) is 2. The van der Waals surface area contributed by atoms with Crippen LogP contribution in [-0.4, -0.2) is 71.5 Å². The van der Waals surface area contributed by atoms with Crippen molar-refractivity contribution in [3.05, 3.63) is 71.3 Å². The van der Waals surface area contributed by atoms with Crippen LogP contribution in [0.3, 0.4) is 0 Å². The van der Waals surface area contributed by atoms with Crippen molar-refractivity contribution >= 4 is 23.7 Å². The largest absolute Gasteiger partial charge is 0.452 e. The van der Waals surface area contributed by atoms with Crippen molar-refractivity contribution in [2.75, 3.05) is 13.6 Å².